The van der Waals surface area contributed by atoms with Crippen molar-refractivity contribution < 1.29 is 14.1 Å². The second-order valence-electron chi connectivity index (χ2n) is 5.58. The molecule has 8 nitrogen and oxygen atoms in total. The number of hydrogen-bond acceptors (Lipinski definition) is 7. The highest BCUT2D eigenvalue weighted by molar-refractivity contribution is 8.00. The summed E-state index contributed by atoms with van der Waals surface area (Å²) in [4.78, 5) is 22.3. The molecule has 0 fully saturated rings. The third-order valence-electron chi connectivity index (χ3n) is 3.04. The van der Waals surface area contributed by atoms with E-state index < -0.39 is 4.92 Å². The van der Waals surface area contributed by atoms with E-state index in [1.54, 1.807) is 19.1 Å². The molecular weight excluding hydrogens is 332 g/mol. The van der Waals surface area contributed by atoms with Gasteiger partial charge in [0.25, 0.3) is 10.9 Å². The molecule has 1 aromatic carbocycles. The first-order valence-corrected chi connectivity index (χ1v) is 8.27. The number of benzene rings is 1. The van der Waals surface area contributed by atoms with Gasteiger partial charge in [-0.2, -0.15) is 0 Å². The lowest BCUT2D eigenvalue weighted by Crippen LogP contribution is -2.33. The van der Waals surface area contributed by atoms with Crippen molar-refractivity contribution in [1.29, 1.82) is 0 Å². The van der Waals surface area contributed by atoms with Crippen LogP contribution < -0.4 is 5.32 Å². The fraction of sp³-hybridized carbons (Fsp3) is 0.400. The summed E-state index contributed by atoms with van der Waals surface area (Å²) in [5.74, 6) is 0.440. The van der Waals surface area contributed by atoms with Crippen LogP contribution in [0.5, 0.6) is 0 Å². The van der Waals surface area contributed by atoms with Crippen molar-refractivity contribution in [3.05, 3.63) is 34.4 Å². The molecule has 128 valence electrons. The summed E-state index contributed by atoms with van der Waals surface area (Å²) in [6, 6.07) is 5.94. The Kier molecular flexibility index (Phi) is 5.91. The molecule has 24 heavy (non-hydrogen) atoms. The maximum Gasteiger partial charge on any atom is 0.277 e. The smallest absolute Gasteiger partial charge is 0.277 e. The number of carbonyl (C=O) groups excluding carboxylic acids is 1. The summed E-state index contributed by atoms with van der Waals surface area (Å²) >= 11 is 1.14. The van der Waals surface area contributed by atoms with Gasteiger partial charge in [-0.15, -0.1) is 10.2 Å². The molecule has 0 unspecified atom stereocenters. The molecule has 1 atom stereocenters. The Bertz CT molecular complexity index is 732. The summed E-state index contributed by atoms with van der Waals surface area (Å²) in [5.41, 5.74) is 0.404. The van der Waals surface area contributed by atoms with Crippen molar-refractivity contribution in [3.8, 4) is 11.5 Å². The number of carbonyl (C=O) groups is 1. The molecule has 1 amide bonds. The van der Waals surface area contributed by atoms with Gasteiger partial charge in [-0.1, -0.05) is 31.7 Å². The zero-order valence-electron chi connectivity index (χ0n) is 13.6. The van der Waals surface area contributed by atoms with E-state index in [1.165, 1.54) is 12.1 Å². The molecule has 2 rings (SSSR count). The van der Waals surface area contributed by atoms with Crippen LogP contribution in [-0.4, -0.2) is 32.8 Å². The van der Waals surface area contributed by atoms with Crippen LogP contribution in [0.2, 0.25) is 0 Å². The predicted molar refractivity (Wildman–Crippen MR) is 89.6 cm³/mol. The average molecular weight is 350 g/mol. The van der Waals surface area contributed by atoms with Crippen LogP contribution in [0.25, 0.3) is 11.5 Å². The number of thioether (sulfide) groups is 1. The average Bonchev–Trinajstić information content (AvgIpc) is 3.01. The van der Waals surface area contributed by atoms with Crippen LogP contribution in [0.4, 0.5) is 5.69 Å². The normalized spacial score (nSPS) is 12.2. The van der Waals surface area contributed by atoms with Crippen LogP contribution in [-0.2, 0) is 4.79 Å². The molecule has 0 spiro atoms. The second kappa shape index (κ2) is 7.91. The summed E-state index contributed by atoms with van der Waals surface area (Å²) in [5, 5.41) is 21.3. The molecule has 0 aliphatic carbocycles. The van der Waals surface area contributed by atoms with Gasteiger partial charge < -0.3 is 9.73 Å². The van der Waals surface area contributed by atoms with Crippen molar-refractivity contribution in [1.82, 2.24) is 15.5 Å². The zero-order chi connectivity index (χ0) is 17.7. The zero-order valence-corrected chi connectivity index (χ0v) is 14.4. The highest BCUT2D eigenvalue weighted by Gasteiger charge is 2.19. The summed E-state index contributed by atoms with van der Waals surface area (Å²) in [6.07, 6.45) is 0. The first-order valence-electron chi connectivity index (χ1n) is 7.39. The topological polar surface area (TPSA) is 111 Å². The van der Waals surface area contributed by atoms with E-state index in [0.29, 0.717) is 18.0 Å². The Hall–Kier alpha value is -2.42. The Balaban J connectivity index is 2.04. The van der Waals surface area contributed by atoms with Crippen LogP contribution >= 0.6 is 11.8 Å². The largest absolute Gasteiger partial charge is 0.411 e. The number of rotatable bonds is 7. The fourth-order valence-electron chi connectivity index (χ4n) is 1.78. The third kappa shape index (κ3) is 4.79. The van der Waals surface area contributed by atoms with Gasteiger partial charge in [0.05, 0.1) is 10.2 Å². The molecule has 1 heterocycles. The minimum atomic E-state index is -0.489. The first kappa shape index (κ1) is 17.9. The molecule has 0 aliphatic rings. The fourth-order valence-corrected chi connectivity index (χ4v) is 2.49. The van der Waals surface area contributed by atoms with Gasteiger partial charge in [-0.25, -0.2) is 0 Å². The van der Waals surface area contributed by atoms with Crippen molar-refractivity contribution in [2.75, 3.05) is 6.54 Å². The highest BCUT2D eigenvalue weighted by atomic mass is 32.2. The maximum atomic E-state index is 12.0. The molecule has 0 bridgehead atoms. The molecule has 0 saturated carbocycles. The molecule has 1 N–H and O–H groups in total. The van der Waals surface area contributed by atoms with Gasteiger partial charge in [0, 0.05) is 24.2 Å². The molecule has 1 aromatic heterocycles. The summed E-state index contributed by atoms with van der Waals surface area (Å²) in [7, 11) is 0. The Labute approximate surface area is 143 Å². The van der Waals surface area contributed by atoms with Gasteiger partial charge in [-0.3, -0.25) is 14.9 Å². The second-order valence-corrected chi connectivity index (χ2v) is 6.87. The van der Waals surface area contributed by atoms with Crippen molar-refractivity contribution >= 4 is 23.4 Å². The monoisotopic (exact) mass is 350 g/mol. The quantitative estimate of drug-likeness (QED) is 0.464. The molecule has 0 aliphatic heterocycles. The molecule has 2 aromatic rings. The van der Waals surface area contributed by atoms with Gasteiger partial charge in [0.2, 0.25) is 11.8 Å². The maximum absolute atomic E-state index is 12.0. The van der Waals surface area contributed by atoms with Crippen LogP contribution in [0.15, 0.2) is 33.9 Å². The molecular formula is C15H18N4O4S. The van der Waals surface area contributed by atoms with Crippen molar-refractivity contribution in [2.24, 2.45) is 5.92 Å². The van der Waals surface area contributed by atoms with Crippen LogP contribution in [0, 0.1) is 16.0 Å². The number of nitrogens with one attached hydrogen (secondary N) is 1. The van der Waals surface area contributed by atoms with Gasteiger partial charge in [0.15, 0.2) is 0 Å². The molecule has 0 saturated heterocycles. The van der Waals surface area contributed by atoms with Gasteiger partial charge >= 0.3 is 0 Å². The Morgan fingerprint density at radius 3 is 2.79 bits per heavy atom. The lowest BCUT2D eigenvalue weighted by Gasteiger charge is -2.11. The number of aromatic nitrogens is 2. The van der Waals surface area contributed by atoms with Crippen LogP contribution in [0.3, 0.4) is 0 Å². The number of nitro groups is 1. The van der Waals surface area contributed by atoms with E-state index in [4.69, 9.17) is 4.42 Å². The Morgan fingerprint density at radius 1 is 1.38 bits per heavy atom. The summed E-state index contributed by atoms with van der Waals surface area (Å²) in [6.45, 7) is 6.38. The van der Waals surface area contributed by atoms with E-state index in [-0.39, 0.29) is 28.0 Å². The van der Waals surface area contributed by atoms with Gasteiger partial charge in [-0.05, 0) is 18.9 Å². The van der Waals surface area contributed by atoms with E-state index in [0.717, 1.165) is 11.8 Å². The van der Waals surface area contributed by atoms with E-state index in [9.17, 15) is 14.9 Å². The SMILES string of the molecule is CC(C)CNC(=O)[C@@H](C)Sc1nnc(-c2cccc([N+](=O)[O-])c2)o1. The lowest BCUT2D eigenvalue weighted by molar-refractivity contribution is -0.384. The molecule has 0 radical (unpaired) electrons. The van der Waals surface area contributed by atoms with Crippen LogP contribution in [0.1, 0.15) is 20.8 Å². The standard InChI is InChI=1S/C15H18N4O4S/c1-9(2)8-16-13(20)10(3)24-15-18-17-14(23-15)11-5-4-6-12(7-11)19(21)22/h4-7,9-10H,8H2,1-3H3,(H,16,20)/t10-/m1/s1. The van der Waals surface area contributed by atoms with Gasteiger partial charge in [0.1, 0.15) is 0 Å². The number of nitro benzene ring substituents is 1. The van der Waals surface area contributed by atoms with E-state index >= 15 is 0 Å². The van der Waals surface area contributed by atoms with E-state index in [2.05, 4.69) is 15.5 Å². The Morgan fingerprint density at radius 2 is 2.12 bits per heavy atom. The lowest BCUT2D eigenvalue weighted by atomic mass is 10.2. The predicted octanol–water partition coefficient (Wildman–Crippen LogP) is 2.90. The first-order chi connectivity index (χ1) is 11.4. The highest BCUT2D eigenvalue weighted by Crippen LogP contribution is 2.27. The van der Waals surface area contributed by atoms with Crippen molar-refractivity contribution in [2.45, 2.75) is 31.2 Å². The third-order valence-corrected chi connectivity index (χ3v) is 3.98. The number of hydrogen-bond donors (Lipinski definition) is 1. The molecule has 9 heteroatoms. The van der Waals surface area contributed by atoms with Crippen molar-refractivity contribution in [3.63, 3.8) is 0 Å². The minimum Gasteiger partial charge on any atom is -0.411 e. The minimum absolute atomic E-state index is 0.0543. The van der Waals surface area contributed by atoms with E-state index in [1.807, 2.05) is 13.8 Å². The number of non-ortho nitro benzene ring substituents is 1. The number of amides is 1. The summed E-state index contributed by atoms with van der Waals surface area (Å²) < 4.78 is 5.49. The number of nitrogens with zero attached hydrogens (tertiary/aromatic N) is 3.